The minimum Gasteiger partial charge on any atom is -0.497 e. The second-order valence-corrected chi connectivity index (χ2v) is 7.45. The number of urea groups is 1. The number of likely N-dealkylation sites (tertiary alicyclic amines) is 1. The molecule has 2 amide bonds. The molecule has 1 aliphatic carbocycles. The van der Waals surface area contributed by atoms with Gasteiger partial charge in [-0.05, 0) is 41.5 Å². The molecule has 7 nitrogen and oxygen atoms in total. The predicted molar refractivity (Wildman–Crippen MR) is 92.5 cm³/mol. The number of nitrogens with zero attached hydrogens (tertiary/aromatic N) is 4. The molecule has 25 heavy (non-hydrogen) atoms. The molecule has 132 valence electrons. The molecule has 4 rings (SSSR count). The van der Waals surface area contributed by atoms with Gasteiger partial charge in [-0.1, -0.05) is 19.1 Å². The molecule has 1 aromatic carbocycles. The Morgan fingerprint density at radius 1 is 1.28 bits per heavy atom. The van der Waals surface area contributed by atoms with Crippen LogP contribution in [0.2, 0.25) is 0 Å². The highest BCUT2D eigenvalue weighted by Crippen LogP contribution is 2.61. The molecule has 2 aromatic rings. The molecule has 0 spiro atoms. The number of ether oxygens (including phenoxy) is 1. The van der Waals surface area contributed by atoms with Gasteiger partial charge in [0.25, 0.3) is 0 Å². The molecule has 1 N–H and O–H groups in total. The summed E-state index contributed by atoms with van der Waals surface area (Å²) >= 11 is 0. The zero-order valence-corrected chi connectivity index (χ0v) is 14.8. The topological polar surface area (TPSA) is 72.3 Å². The van der Waals surface area contributed by atoms with E-state index in [1.807, 2.05) is 35.4 Å². The molecule has 2 aliphatic rings. The van der Waals surface area contributed by atoms with Gasteiger partial charge in [0.2, 0.25) is 0 Å². The van der Waals surface area contributed by atoms with Crippen molar-refractivity contribution in [3.63, 3.8) is 0 Å². The summed E-state index contributed by atoms with van der Waals surface area (Å²) < 4.78 is 6.84. The van der Waals surface area contributed by atoms with Crippen molar-refractivity contribution in [1.82, 2.24) is 25.2 Å². The van der Waals surface area contributed by atoms with Crippen LogP contribution in [0, 0.1) is 17.3 Å². The fraction of sp³-hybridized carbons (Fsp3) is 0.500. The number of carbonyl (C=O) groups excluding carboxylic acids is 1. The maximum Gasteiger partial charge on any atom is 0.317 e. The van der Waals surface area contributed by atoms with Gasteiger partial charge in [-0.25, -0.2) is 9.48 Å². The summed E-state index contributed by atoms with van der Waals surface area (Å²) in [5.74, 6) is 2.12. The van der Waals surface area contributed by atoms with Gasteiger partial charge in [0.05, 0.1) is 25.5 Å². The van der Waals surface area contributed by atoms with Crippen LogP contribution in [0.15, 0.2) is 30.5 Å². The average Bonchev–Trinajstić information content (AvgIpc) is 3.09. The van der Waals surface area contributed by atoms with Crippen molar-refractivity contribution in [3.05, 3.63) is 36.2 Å². The summed E-state index contributed by atoms with van der Waals surface area (Å²) in [5, 5.41) is 11.2. The van der Waals surface area contributed by atoms with Gasteiger partial charge >= 0.3 is 6.03 Å². The molecule has 2 atom stereocenters. The van der Waals surface area contributed by atoms with Gasteiger partial charge in [0.15, 0.2) is 0 Å². The Hall–Kier alpha value is -2.57. The minimum atomic E-state index is -0.0120. The summed E-state index contributed by atoms with van der Waals surface area (Å²) in [4.78, 5) is 14.2. The highest BCUT2D eigenvalue weighted by molar-refractivity contribution is 5.74. The first-order valence-electron chi connectivity index (χ1n) is 8.57. The first kappa shape index (κ1) is 15.9. The molecule has 1 aliphatic heterocycles. The van der Waals surface area contributed by atoms with Gasteiger partial charge in [0.1, 0.15) is 11.4 Å². The second-order valence-electron chi connectivity index (χ2n) is 7.45. The Morgan fingerprint density at radius 3 is 2.60 bits per heavy atom. The van der Waals surface area contributed by atoms with Gasteiger partial charge in [-0.3, -0.25) is 0 Å². The van der Waals surface area contributed by atoms with Crippen LogP contribution in [-0.4, -0.2) is 46.1 Å². The maximum atomic E-state index is 12.3. The third-order valence-electron chi connectivity index (χ3n) is 5.71. The number of amides is 2. The lowest BCUT2D eigenvalue weighted by atomic mass is 10.1. The fourth-order valence-corrected chi connectivity index (χ4v) is 3.82. The van der Waals surface area contributed by atoms with Crippen LogP contribution in [0.25, 0.3) is 5.69 Å². The minimum absolute atomic E-state index is 0.0120. The molecule has 0 radical (unpaired) electrons. The van der Waals surface area contributed by atoms with Crippen LogP contribution in [0.4, 0.5) is 4.79 Å². The van der Waals surface area contributed by atoms with Crippen molar-refractivity contribution >= 4 is 6.03 Å². The van der Waals surface area contributed by atoms with Crippen LogP contribution < -0.4 is 10.1 Å². The van der Waals surface area contributed by atoms with Crippen molar-refractivity contribution in [3.8, 4) is 11.4 Å². The van der Waals surface area contributed by atoms with Crippen molar-refractivity contribution in [2.75, 3.05) is 20.2 Å². The molecule has 1 saturated heterocycles. The lowest BCUT2D eigenvalue weighted by Gasteiger charge is -2.22. The summed E-state index contributed by atoms with van der Waals surface area (Å²) in [6.45, 7) is 6.68. The lowest BCUT2D eigenvalue weighted by Crippen LogP contribution is -2.40. The maximum absolute atomic E-state index is 12.3. The van der Waals surface area contributed by atoms with Crippen molar-refractivity contribution in [1.29, 1.82) is 0 Å². The highest BCUT2D eigenvalue weighted by Gasteiger charge is 2.62. The highest BCUT2D eigenvalue weighted by atomic mass is 16.5. The first-order valence-corrected chi connectivity index (χ1v) is 8.57. The van der Waals surface area contributed by atoms with E-state index in [1.54, 1.807) is 11.8 Å². The molecule has 7 heteroatoms. The number of hydrogen-bond donors (Lipinski definition) is 1. The smallest absolute Gasteiger partial charge is 0.317 e. The Balaban J connectivity index is 1.32. The van der Waals surface area contributed by atoms with Crippen molar-refractivity contribution < 1.29 is 9.53 Å². The average molecular weight is 341 g/mol. The molecule has 2 fully saturated rings. The monoisotopic (exact) mass is 341 g/mol. The van der Waals surface area contributed by atoms with E-state index in [-0.39, 0.29) is 6.03 Å². The number of rotatable bonds is 4. The number of fused-ring (bicyclic) bond motifs is 1. The zero-order valence-electron chi connectivity index (χ0n) is 14.8. The summed E-state index contributed by atoms with van der Waals surface area (Å²) in [6, 6.07) is 7.56. The molecule has 0 unspecified atom stereocenters. The van der Waals surface area contributed by atoms with E-state index in [1.165, 1.54) is 0 Å². The van der Waals surface area contributed by atoms with Gasteiger partial charge < -0.3 is 15.0 Å². The largest absolute Gasteiger partial charge is 0.497 e. The third kappa shape index (κ3) is 2.83. The molecule has 2 heterocycles. The SMILES string of the molecule is COc1ccc(-n2cc(CNC(=O)N3C[C@@H]4[C@@H](C3)C4(C)C)nn2)cc1. The lowest BCUT2D eigenvalue weighted by molar-refractivity contribution is 0.195. The van der Waals surface area contributed by atoms with Gasteiger partial charge in [-0.2, -0.15) is 0 Å². The van der Waals surface area contributed by atoms with E-state index >= 15 is 0 Å². The molecular weight excluding hydrogens is 318 g/mol. The second kappa shape index (κ2) is 5.75. The standard InChI is InChI=1S/C18H23N5O2/c1-18(2)15-10-22(11-16(15)18)17(24)19-8-12-9-23(21-20-12)13-4-6-14(25-3)7-5-13/h4-7,9,15-16H,8,10-11H2,1-3H3,(H,19,24)/t15-,16-/m1/s1. The first-order chi connectivity index (χ1) is 12.0. The number of benzene rings is 1. The normalized spacial score (nSPS) is 23.2. The van der Waals surface area contributed by atoms with Crippen LogP contribution >= 0.6 is 0 Å². The number of methoxy groups -OCH3 is 1. The van der Waals surface area contributed by atoms with Crippen molar-refractivity contribution in [2.45, 2.75) is 20.4 Å². The van der Waals surface area contributed by atoms with E-state index in [4.69, 9.17) is 4.74 Å². The molecule has 1 aromatic heterocycles. The van der Waals surface area contributed by atoms with E-state index < -0.39 is 0 Å². The van der Waals surface area contributed by atoms with E-state index in [2.05, 4.69) is 29.5 Å². The Morgan fingerprint density at radius 2 is 1.96 bits per heavy atom. The quantitative estimate of drug-likeness (QED) is 0.924. The fourth-order valence-electron chi connectivity index (χ4n) is 3.82. The number of carbonyl (C=O) groups is 1. The number of piperidine rings is 1. The number of hydrogen-bond acceptors (Lipinski definition) is 4. The van der Waals surface area contributed by atoms with Crippen LogP contribution in [0.5, 0.6) is 5.75 Å². The number of nitrogens with one attached hydrogen (secondary N) is 1. The Bertz CT molecular complexity index is 769. The molecular formula is C18H23N5O2. The van der Waals surface area contributed by atoms with E-state index in [0.717, 1.165) is 30.2 Å². The third-order valence-corrected chi connectivity index (χ3v) is 5.71. The van der Waals surface area contributed by atoms with Gasteiger partial charge in [0, 0.05) is 13.1 Å². The van der Waals surface area contributed by atoms with Gasteiger partial charge in [-0.15, -0.1) is 5.10 Å². The van der Waals surface area contributed by atoms with E-state index in [9.17, 15) is 4.79 Å². The predicted octanol–water partition coefficient (Wildman–Crippen LogP) is 2.07. The Kier molecular flexibility index (Phi) is 3.67. The molecule has 1 saturated carbocycles. The summed E-state index contributed by atoms with van der Waals surface area (Å²) in [6.07, 6.45) is 1.83. The summed E-state index contributed by atoms with van der Waals surface area (Å²) in [5.41, 5.74) is 2.04. The Labute approximate surface area is 147 Å². The zero-order chi connectivity index (χ0) is 17.6. The molecule has 0 bridgehead atoms. The van der Waals surface area contributed by atoms with Crippen LogP contribution in [0.1, 0.15) is 19.5 Å². The van der Waals surface area contributed by atoms with Crippen molar-refractivity contribution in [2.24, 2.45) is 17.3 Å². The van der Waals surface area contributed by atoms with Crippen LogP contribution in [0.3, 0.4) is 0 Å². The summed E-state index contributed by atoms with van der Waals surface area (Å²) in [7, 11) is 1.63. The van der Waals surface area contributed by atoms with Crippen LogP contribution in [-0.2, 0) is 6.54 Å². The van der Waals surface area contributed by atoms with E-state index in [0.29, 0.717) is 23.8 Å². The number of aromatic nitrogens is 3.